The fourth-order valence-electron chi connectivity index (χ4n) is 2.11. The van der Waals surface area contributed by atoms with Gasteiger partial charge in [0.05, 0.1) is 35.7 Å². The molecule has 2 aromatic rings. The molecule has 0 fully saturated rings. The molecule has 2 rings (SSSR count). The Morgan fingerprint density at radius 1 is 1.40 bits per heavy atom. The number of anilines is 2. The number of pyridine rings is 1. The Kier molecular flexibility index (Phi) is 4.83. The number of hydrogen-bond donors (Lipinski definition) is 2. The molecule has 1 unspecified atom stereocenters. The first-order chi connectivity index (χ1) is 9.52. The molecular formula is C15H20BrN3O. The van der Waals surface area contributed by atoms with Crippen LogP contribution in [-0.2, 0) is 4.74 Å². The first kappa shape index (κ1) is 15.1. The third-order valence-electron chi connectivity index (χ3n) is 3.34. The Hall–Kier alpha value is -1.33. The van der Waals surface area contributed by atoms with Gasteiger partial charge in [-0.1, -0.05) is 29.8 Å². The maximum Gasteiger partial charge on any atom is 0.0743 e. The molecule has 0 aliphatic carbocycles. The number of nitrogens with zero attached hydrogens (tertiary/aromatic N) is 1. The van der Waals surface area contributed by atoms with Gasteiger partial charge in [-0.25, -0.2) is 0 Å². The predicted molar refractivity (Wildman–Crippen MR) is 88.0 cm³/mol. The molecule has 0 aliphatic heterocycles. The molecule has 1 aromatic carbocycles. The summed E-state index contributed by atoms with van der Waals surface area (Å²) >= 11 is 3.50. The van der Waals surface area contributed by atoms with E-state index in [0.29, 0.717) is 18.2 Å². The number of ether oxygens (including phenoxy) is 1. The molecule has 108 valence electrons. The van der Waals surface area contributed by atoms with Gasteiger partial charge in [-0.2, -0.15) is 0 Å². The minimum atomic E-state index is 0.201. The number of hydrogen-bond acceptors (Lipinski definition) is 4. The van der Waals surface area contributed by atoms with Crippen molar-refractivity contribution < 1.29 is 4.74 Å². The van der Waals surface area contributed by atoms with Crippen LogP contribution in [0.5, 0.6) is 0 Å². The minimum Gasteiger partial charge on any atom is -0.396 e. The summed E-state index contributed by atoms with van der Waals surface area (Å²) in [6.07, 6.45) is 1.70. The van der Waals surface area contributed by atoms with Gasteiger partial charge in [0, 0.05) is 17.0 Å². The van der Waals surface area contributed by atoms with E-state index in [9.17, 15) is 0 Å². The summed E-state index contributed by atoms with van der Waals surface area (Å²) in [5, 5.41) is 4.52. The van der Waals surface area contributed by atoms with Gasteiger partial charge in [0.2, 0.25) is 0 Å². The van der Waals surface area contributed by atoms with Gasteiger partial charge >= 0.3 is 0 Å². The van der Waals surface area contributed by atoms with Crippen LogP contribution in [0.2, 0.25) is 0 Å². The molecule has 5 heteroatoms. The van der Waals surface area contributed by atoms with Gasteiger partial charge in [-0.15, -0.1) is 0 Å². The van der Waals surface area contributed by atoms with Crippen LogP contribution in [-0.4, -0.2) is 24.7 Å². The van der Waals surface area contributed by atoms with Crippen molar-refractivity contribution in [2.24, 2.45) is 5.92 Å². The third kappa shape index (κ3) is 3.22. The highest BCUT2D eigenvalue weighted by atomic mass is 79.9. The highest BCUT2D eigenvalue weighted by Crippen LogP contribution is 2.31. The van der Waals surface area contributed by atoms with Crippen molar-refractivity contribution in [3.63, 3.8) is 0 Å². The average Bonchev–Trinajstić information content (AvgIpc) is 2.40. The van der Waals surface area contributed by atoms with Crippen molar-refractivity contribution in [1.82, 2.24) is 4.98 Å². The maximum atomic E-state index is 6.10. The molecule has 1 aromatic heterocycles. The molecule has 4 nitrogen and oxygen atoms in total. The van der Waals surface area contributed by atoms with E-state index in [1.807, 2.05) is 18.2 Å². The Morgan fingerprint density at radius 2 is 2.15 bits per heavy atom. The Labute approximate surface area is 127 Å². The molecule has 0 aliphatic rings. The lowest BCUT2D eigenvalue weighted by atomic mass is 10.0. The van der Waals surface area contributed by atoms with Crippen molar-refractivity contribution in [2.45, 2.75) is 19.9 Å². The van der Waals surface area contributed by atoms with Gasteiger partial charge in [-0.05, 0) is 24.1 Å². The lowest BCUT2D eigenvalue weighted by Gasteiger charge is -2.24. The van der Waals surface area contributed by atoms with E-state index in [1.165, 1.54) is 0 Å². The molecule has 20 heavy (non-hydrogen) atoms. The molecule has 1 heterocycles. The lowest BCUT2D eigenvalue weighted by molar-refractivity contribution is 0.171. The van der Waals surface area contributed by atoms with Gasteiger partial charge in [0.25, 0.3) is 0 Å². The van der Waals surface area contributed by atoms with E-state index < -0.39 is 0 Å². The van der Waals surface area contributed by atoms with Crippen LogP contribution < -0.4 is 11.1 Å². The van der Waals surface area contributed by atoms with Crippen LogP contribution in [0.15, 0.2) is 28.9 Å². The second-order valence-electron chi connectivity index (χ2n) is 5.20. The van der Waals surface area contributed by atoms with E-state index in [-0.39, 0.29) is 6.04 Å². The smallest absolute Gasteiger partial charge is 0.0743 e. The molecule has 0 saturated heterocycles. The number of halogens is 1. The van der Waals surface area contributed by atoms with Gasteiger partial charge in [0.1, 0.15) is 0 Å². The first-order valence-electron chi connectivity index (χ1n) is 6.62. The van der Waals surface area contributed by atoms with Crippen LogP contribution in [0.3, 0.4) is 0 Å². The van der Waals surface area contributed by atoms with Crippen LogP contribution in [0.1, 0.15) is 13.8 Å². The van der Waals surface area contributed by atoms with E-state index >= 15 is 0 Å². The largest absolute Gasteiger partial charge is 0.396 e. The summed E-state index contributed by atoms with van der Waals surface area (Å²) in [7, 11) is 1.71. The molecule has 0 amide bonds. The van der Waals surface area contributed by atoms with Crippen LogP contribution in [0.25, 0.3) is 10.9 Å². The molecule has 3 N–H and O–H groups in total. The molecule has 0 radical (unpaired) electrons. The van der Waals surface area contributed by atoms with Crippen molar-refractivity contribution in [3.8, 4) is 0 Å². The topological polar surface area (TPSA) is 60.2 Å². The standard InChI is InChI=1S/C15H20BrN3O/c1-9(2)14(8-20-3)19-15-11-6-10(16)4-5-13(11)18-7-12(15)17/h4-7,9,14H,8,17H2,1-3H3,(H,18,19). The number of nitrogens with two attached hydrogens (primary N) is 1. The summed E-state index contributed by atoms with van der Waals surface area (Å²) in [6, 6.07) is 6.19. The highest BCUT2D eigenvalue weighted by Gasteiger charge is 2.16. The van der Waals surface area contributed by atoms with Crippen molar-refractivity contribution in [2.75, 3.05) is 24.8 Å². The summed E-state index contributed by atoms with van der Waals surface area (Å²) in [5.41, 5.74) is 8.59. The second kappa shape index (κ2) is 6.41. The van der Waals surface area contributed by atoms with Crippen molar-refractivity contribution in [3.05, 3.63) is 28.9 Å². The maximum absolute atomic E-state index is 6.10. The van der Waals surface area contributed by atoms with Gasteiger partial charge in [-0.3, -0.25) is 4.98 Å². The number of nitrogen functional groups attached to an aromatic ring is 1. The van der Waals surface area contributed by atoms with E-state index in [1.54, 1.807) is 13.3 Å². The zero-order valence-corrected chi connectivity index (χ0v) is 13.6. The molecule has 0 spiro atoms. The van der Waals surface area contributed by atoms with Crippen LogP contribution >= 0.6 is 15.9 Å². The number of aromatic nitrogens is 1. The summed E-state index contributed by atoms with van der Waals surface area (Å²) in [6.45, 7) is 4.95. The van der Waals surface area contributed by atoms with Gasteiger partial charge in [0.15, 0.2) is 0 Å². The summed E-state index contributed by atoms with van der Waals surface area (Å²) in [4.78, 5) is 4.36. The lowest BCUT2D eigenvalue weighted by Crippen LogP contribution is -2.30. The third-order valence-corrected chi connectivity index (χ3v) is 3.83. The minimum absolute atomic E-state index is 0.201. The molecule has 1 atom stereocenters. The zero-order chi connectivity index (χ0) is 14.7. The number of rotatable bonds is 5. The summed E-state index contributed by atoms with van der Waals surface area (Å²) in [5.74, 6) is 0.435. The summed E-state index contributed by atoms with van der Waals surface area (Å²) < 4.78 is 6.29. The Morgan fingerprint density at radius 3 is 2.80 bits per heavy atom. The van der Waals surface area contributed by atoms with E-state index in [2.05, 4.69) is 40.1 Å². The monoisotopic (exact) mass is 337 g/mol. The first-order valence-corrected chi connectivity index (χ1v) is 7.41. The number of nitrogens with one attached hydrogen (secondary N) is 1. The van der Waals surface area contributed by atoms with E-state index in [4.69, 9.17) is 10.5 Å². The highest BCUT2D eigenvalue weighted by molar-refractivity contribution is 9.10. The average molecular weight is 338 g/mol. The Balaban J connectivity index is 2.46. The normalized spacial score (nSPS) is 12.8. The van der Waals surface area contributed by atoms with Crippen molar-refractivity contribution >= 4 is 38.2 Å². The zero-order valence-electron chi connectivity index (χ0n) is 12.0. The SMILES string of the molecule is COCC(Nc1c(N)cnc2ccc(Br)cc12)C(C)C. The fraction of sp³-hybridized carbons (Fsp3) is 0.400. The van der Waals surface area contributed by atoms with Crippen molar-refractivity contribution in [1.29, 1.82) is 0 Å². The number of methoxy groups -OCH3 is 1. The molecule has 0 saturated carbocycles. The fourth-order valence-corrected chi connectivity index (χ4v) is 2.47. The second-order valence-corrected chi connectivity index (χ2v) is 6.12. The van der Waals surface area contributed by atoms with Gasteiger partial charge < -0.3 is 15.8 Å². The molecular weight excluding hydrogens is 318 g/mol. The Bertz CT molecular complexity index is 596. The quantitative estimate of drug-likeness (QED) is 0.873. The van der Waals surface area contributed by atoms with Crippen LogP contribution in [0, 0.1) is 5.92 Å². The number of fused-ring (bicyclic) bond motifs is 1. The van der Waals surface area contributed by atoms with Crippen LogP contribution in [0.4, 0.5) is 11.4 Å². The van der Waals surface area contributed by atoms with E-state index in [0.717, 1.165) is 21.1 Å². The predicted octanol–water partition coefficient (Wildman–Crippen LogP) is 3.66. The number of benzene rings is 1. The molecule has 0 bridgehead atoms.